The lowest BCUT2D eigenvalue weighted by Gasteiger charge is -2.47. The molecular formula is C16H27NO14S. The molecule has 2 rings (SSSR count). The van der Waals surface area contributed by atoms with Gasteiger partial charge in [-0.15, -0.1) is 0 Å². The van der Waals surface area contributed by atoms with Crippen LogP contribution in [0.5, 0.6) is 0 Å². The number of rotatable bonds is 8. The molecule has 2 fully saturated rings. The maximum absolute atomic E-state index is 11.6. The van der Waals surface area contributed by atoms with Crippen molar-refractivity contribution in [3.05, 3.63) is 0 Å². The van der Waals surface area contributed by atoms with E-state index in [2.05, 4.69) is 9.50 Å². The Balaban J connectivity index is 2.40. The van der Waals surface area contributed by atoms with Gasteiger partial charge in [0.05, 0.1) is 12.7 Å². The number of hydrogen-bond acceptors (Lipinski definition) is 13. The van der Waals surface area contributed by atoms with Gasteiger partial charge in [0, 0.05) is 13.3 Å². The summed E-state index contributed by atoms with van der Waals surface area (Å²) < 4.78 is 52.3. The van der Waals surface area contributed by atoms with E-state index in [-0.39, 0.29) is 6.42 Å². The van der Waals surface area contributed by atoms with Crippen molar-refractivity contribution in [1.82, 2.24) is 5.32 Å². The van der Waals surface area contributed by atoms with Crippen LogP contribution in [0, 0.1) is 0 Å². The Bertz CT molecular complexity index is 777. The summed E-state index contributed by atoms with van der Waals surface area (Å²) in [5.74, 6) is -1.16. The van der Waals surface area contributed by atoms with Crippen LogP contribution in [0.1, 0.15) is 20.3 Å². The fourth-order valence-electron chi connectivity index (χ4n) is 3.51. The summed E-state index contributed by atoms with van der Waals surface area (Å²) in [5.41, 5.74) is 0. The summed E-state index contributed by atoms with van der Waals surface area (Å²) in [6.45, 7) is 1.31. The van der Waals surface area contributed by atoms with E-state index in [0.717, 1.165) is 6.92 Å². The van der Waals surface area contributed by atoms with E-state index in [1.54, 1.807) is 0 Å². The molecule has 0 unspecified atom stereocenters. The molecule has 1 amide bonds. The Morgan fingerprint density at radius 3 is 2.09 bits per heavy atom. The van der Waals surface area contributed by atoms with Crippen LogP contribution < -0.4 is 5.32 Å². The van der Waals surface area contributed by atoms with Gasteiger partial charge in [-0.25, -0.2) is 4.18 Å². The zero-order valence-corrected chi connectivity index (χ0v) is 17.9. The van der Waals surface area contributed by atoms with E-state index in [9.17, 15) is 43.5 Å². The molecule has 2 heterocycles. The van der Waals surface area contributed by atoms with E-state index < -0.39 is 90.0 Å². The second-order valence-corrected chi connectivity index (χ2v) is 8.53. The first-order valence-corrected chi connectivity index (χ1v) is 10.8. The molecule has 0 saturated carbocycles. The molecule has 10 atom stereocenters. The lowest BCUT2D eigenvalue weighted by Crippen LogP contribution is -2.68. The number of Topliss-reactive ketones (excluding diaryl/α,β-unsaturated/α-hetero) is 1. The third kappa shape index (κ3) is 6.61. The molecular weight excluding hydrogens is 462 g/mol. The number of ketones is 1. The summed E-state index contributed by atoms with van der Waals surface area (Å²) in [5, 5.41) is 52.4. The van der Waals surface area contributed by atoms with E-state index in [4.69, 9.17) is 18.8 Å². The predicted molar refractivity (Wildman–Crippen MR) is 98.8 cm³/mol. The molecule has 2 saturated heterocycles. The van der Waals surface area contributed by atoms with Crippen LogP contribution >= 0.6 is 0 Å². The minimum atomic E-state index is -5.17. The molecule has 186 valence electrons. The molecule has 2 aliphatic rings. The fraction of sp³-hybridized carbons (Fsp3) is 0.875. The topological polar surface area (TPSA) is 239 Å². The van der Waals surface area contributed by atoms with Crippen molar-refractivity contribution in [2.75, 3.05) is 6.61 Å². The lowest BCUT2D eigenvalue weighted by atomic mass is 9.94. The van der Waals surface area contributed by atoms with E-state index in [1.165, 1.54) is 6.92 Å². The van der Waals surface area contributed by atoms with Gasteiger partial charge in [-0.3, -0.25) is 14.1 Å². The fourth-order valence-corrected chi connectivity index (χ4v) is 4.02. The number of hydrogen-bond donors (Lipinski definition) is 7. The van der Waals surface area contributed by atoms with Crippen LogP contribution in [0.15, 0.2) is 0 Å². The van der Waals surface area contributed by atoms with Crippen molar-refractivity contribution < 1.29 is 66.5 Å². The Hall–Kier alpha value is -1.31. The van der Waals surface area contributed by atoms with Gasteiger partial charge in [0.15, 0.2) is 12.6 Å². The Labute approximate surface area is 182 Å². The van der Waals surface area contributed by atoms with Gasteiger partial charge >= 0.3 is 10.4 Å². The first-order chi connectivity index (χ1) is 14.7. The molecule has 0 aromatic rings. The van der Waals surface area contributed by atoms with Crippen molar-refractivity contribution in [3.8, 4) is 0 Å². The molecule has 0 aromatic carbocycles. The number of nitrogens with one attached hydrogen (secondary N) is 1. The van der Waals surface area contributed by atoms with Crippen molar-refractivity contribution in [2.24, 2.45) is 0 Å². The highest BCUT2D eigenvalue weighted by Gasteiger charge is 2.53. The maximum atomic E-state index is 11.6. The van der Waals surface area contributed by atoms with E-state index in [1.807, 2.05) is 0 Å². The van der Waals surface area contributed by atoms with E-state index in [0.29, 0.717) is 0 Å². The Kier molecular flexibility index (Phi) is 9.05. The smallest absolute Gasteiger partial charge is 0.394 e. The van der Waals surface area contributed by atoms with Gasteiger partial charge in [-0.1, -0.05) is 0 Å². The number of carbonyl (C=O) groups excluding carboxylic acids is 2. The minimum Gasteiger partial charge on any atom is -0.394 e. The quantitative estimate of drug-likeness (QED) is 0.159. The molecule has 0 spiro atoms. The third-order valence-corrected chi connectivity index (χ3v) is 5.36. The van der Waals surface area contributed by atoms with Gasteiger partial charge in [0.2, 0.25) is 5.91 Å². The van der Waals surface area contributed by atoms with E-state index >= 15 is 0 Å². The molecule has 16 heteroatoms. The number of carbonyl (C=O) groups is 2. The molecule has 2 aliphatic heterocycles. The first kappa shape index (κ1) is 26.9. The summed E-state index contributed by atoms with van der Waals surface area (Å²) in [7, 11) is -5.17. The molecule has 32 heavy (non-hydrogen) atoms. The summed E-state index contributed by atoms with van der Waals surface area (Å²) in [4.78, 5) is 23.0. The highest BCUT2D eigenvalue weighted by Crippen LogP contribution is 2.31. The molecule has 0 bridgehead atoms. The monoisotopic (exact) mass is 489 g/mol. The minimum absolute atomic E-state index is 0.374. The van der Waals surface area contributed by atoms with Gasteiger partial charge in [-0.05, 0) is 6.92 Å². The van der Waals surface area contributed by atoms with Crippen LogP contribution in [0.4, 0.5) is 0 Å². The van der Waals surface area contributed by atoms with Crippen LogP contribution in [0.3, 0.4) is 0 Å². The largest absolute Gasteiger partial charge is 0.397 e. The van der Waals surface area contributed by atoms with Gasteiger partial charge < -0.3 is 45.1 Å². The highest BCUT2D eigenvalue weighted by atomic mass is 32.3. The normalized spacial score (nSPS) is 40.6. The summed E-state index contributed by atoms with van der Waals surface area (Å²) in [6, 6.07) is -1.56. The average Bonchev–Trinajstić information content (AvgIpc) is 2.66. The number of amides is 1. The maximum Gasteiger partial charge on any atom is 0.397 e. The standard InChI is InChI=1S/C16H27NO14S/c1-5(19)3-7-10(21)11(22)12(23)16(29-7)30-14-9(17-6(2)20)15(24)28-8(4-18)13(14)31-32(25,26)27/h7-16,18,21-24H,3-4H2,1-2H3,(H,17,20)(H,25,26,27)/t7-,8-,9+,10+,11+,12-,13-,14+,15-,16+/m0/s1. The van der Waals surface area contributed by atoms with Crippen molar-refractivity contribution in [2.45, 2.75) is 81.6 Å². The summed E-state index contributed by atoms with van der Waals surface area (Å²) >= 11 is 0. The number of ether oxygens (including phenoxy) is 3. The average molecular weight is 489 g/mol. The van der Waals surface area contributed by atoms with Crippen LogP contribution in [0.2, 0.25) is 0 Å². The Morgan fingerprint density at radius 1 is 0.969 bits per heavy atom. The summed E-state index contributed by atoms with van der Waals surface area (Å²) in [6.07, 6.45) is -16.1. The zero-order chi connectivity index (χ0) is 24.4. The second-order valence-electron chi connectivity index (χ2n) is 7.48. The predicted octanol–water partition coefficient (Wildman–Crippen LogP) is -4.44. The SMILES string of the molecule is CC(=O)C[C@@H]1O[C@H](O[C@@H]2[C@@H](NC(C)=O)[C@@H](O)O[C@@H](CO)[C@@H]2OS(=O)(=O)O)[C@@H](O)[C@H](O)[C@@H]1O. The molecule has 15 nitrogen and oxygen atoms in total. The molecule has 0 aliphatic carbocycles. The lowest BCUT2D eigenvalue weighted by molar-refractivity contribution is -0.336. The van der Waals surface area contributed by atoms with Crippen molar-refractivity contribution in [3.63, 3.8) is 0 Å². The van der Waals surface area contributed by atoms with Crippen LogP contribution in [0.25, 0.3) is 0 Å². The molecule has 0 aromatic heterocycles. The zero-order valence-electron chi connectivity index (χ0n) is 17.0. The third-order valence-electron chi connectivity index (χ3n) is 4.90. The van der Waals surface area contributed by atoms with Crippen molar-refractivity contribution >= 4 is 22.1 Å². The van der Waals surface area contributed by atoms with Crippen LogP contribution in [-0.2, 0) is 38.4 Å². The number of aliphatic hydroxyl groups excluding tert-OH is 5. The van der Waals surface area contributed by atoms with Crippen molar-refractivity contribution in [1.29, 1.82) is 0 Å². The van der Waals surface area contributed by atoms with Crippen LogP contribution in [-0.4, -0.2) is 118 Å². The second kappa shape index (κ2) is 10.7. The molecule has 0 radical (unpaired) electrons. The van der Waals surface area contributed by atoms with Gasteiger partial charge in [-0.2, -0.15) is 8.42 Å². The first-order valence-electron chi connectivity index (χ1n) is 9.47. The van der Waals surface area contributed by atoms with Gasteiger partial charge in [0.1, 0.15) is 48.4 Å². The highest BCUT2D eigenvalue weighted by molar-refractivity contribution is 7.80. The van der Waals surface area contributed by atoms with Gasteiger partial charge in [0.25, 0.3) is 0 Å². The number of aliphatic hydroxyl groups is 5. The molecule has 7 N–H and O–H groups in total. The Morgan fingerprint density at radius 2 is 1.59 bits per heavy atom.